The number of amides is 1. The Balaban J connectivity index is 4.37. The van der Waals surface area contributed by atoms with Crippen LogP contribution in [0.5, 0.6) is 0 Å². The highest BCUT2D eigenvalue weighted by Crippen LogP contribution is 2.43. The van der Waals surface area contributed by atoms with Gasteiger partial charge in [-0.2, -0.15) is 0 Å². The SMILES string of the molecule is CC/C=C\C/C=C\C/C=C\C/C=C\C/C=C\C/C=C\CCCCCCC(=O)NC(COP(=O)(O)OCC[N+](C)(C)C)C(O)/C=C/CC/C=C/CCCCCCCCCCCCCCCCCCCC. The van der Waals surface area contributed by atoms with E-state index in [2.05, 4.69) is 104 Å². The minimum atomic E-state index is -4.37. The van der Waals surface area contributed by atoms with Crippen LogP contribution in [0.4, 0.5) is 0 Å². The number of unbranched alkanes of at least 4 members (excludes halogenated alkanes) is 23. The normalized spacial score (nSPS) is 14.7. The number of allylic oxidation sites excluding steroid dienone is 15. The van der Waals surface area contributed by atoms with Crippen molar-refractivity contribution in [1.29, 1.82) is 0 Å². The maximum absolute atomic E-state index is 13.0. The van der Waals surface area contributed by atoms with E-state index in [4.69, 9.17) is 9.05 Å². The van der Waals surface area contributed by atoms with Crippen molar-refractivity contribution in [3.8, 4) is 0 Å². The summed E-state index contributed by atoms with van der Waals surface area (Å²) in [5.74, 6) is -0.214. The highest BCUT2D eigenvalue weighted by molar-refractivity contribution is 7.47. The molecule has 0 aliphatic rings. The number of carbonyl (C=O) groups is 1. The van der Waals surface area contributed by atoms with Gasteiger partial charge in [-0.25, -0.2) is 4.57 Å². The van der Waals surface area contributed by atoms with Crippen molar-refractivity contribution in [2.75, 3.05) is 40.9 Å². The second-order valence-corrected chi connectivity index (χ2v) is 21.4. The number of aliphatic hydroxyl groups is 1. The fraction of sp³-hybridized carbons (Fsp3) is 0.717. The summed E-state index contributed by atoms with van der Waals surface area (Å²) in [6, 6.07) is -0.885. The Kier molecular flexibility index (Phi) is 48.5. The summed E-state index contributed by atoms with van der Waals surface area (Å²) >= 11 is 0. The molecule has 9 heteroatoms. The molecule has 0 spiro atoms. The molecular formula is C60H108N2O6P+. The number of likely N-dealkylation sites (N-methyl/N-ethyl adjacent to an activating group) is 1. The van der Waals surface area contributed by atoms with Crippen LogP contribution in [-0.4, -0.2) is 73.4 Å². The standard InChI is InChI=1S/C60H107N2O6P/c1-6-8-10-12-14-16-18-20-22-24-26-28-30-32-33-35-37-39-41-43-45-47-49-51-53-59(63)58(57-68-69(65,66)67-56-55-62(3,4)5)61-60(64)54-52-50-48-46-44-42-40-38-36-34-31-29-27-25-23-21-19-17-15-13-11-9-7-2/h9,11,15,17,21,23,27,29,34,36,40,42-43,45,51,53,58-59,63H,6-8,10,12-14,16,18-20,22,24-26,28,30-33,35,37-39,41,44,46-50,52,54-57H2,1-5H3,(H-,61,64,65,66)/p+1/b11-9-,17-15-,23-21-,29-27-,36-34-,42-40-,45-43+,53-51+. The summed E-state index contributed by atoms with van der Waals surface area (Å²) in [7, 11) is 1.52. The number of phosphoric acid groups is 1. The summed E-state index contributed by atoms with van der Waals surface area (Å²) in [4.78, 5) is 23.3. The Morgan fingerprint density at radius 2 is 0.884 bits per heavy atom. The largest absolute Gasteiger partial charge is 0.472 e. The smallest absolute Gasteiger partial charge is 0.387 e. The van der Waals surface area contributed by atoms with Crippen LogP contribution in [0.15, 0.2) is 97.2 Å². The maximum atomic E-state index is 13.0. The van der Waals surface area contributed by atoms with Crippen molar-refractivity contribution in [2.24, 2.45) is 0 Å². The van der Waals surface area contributed by atoms with Gasteiger partial charge >= 0.3 is 7.82 Å². The molecule has 0 bridgehead atoms. The predicted octanol–water partition coefficient (Wildman–Crippen LogP) is 17.0. The number of hydrogen-bond donors (Lipinski definition) is 3. The maximum Gasteiger partial charge on any atom is 0.472 e. The minimum Gasteiger partial charge on any atom is -0.387 e. The fourth-order valence-corrected chi connectivity index (χ4v) is 8.38. The number of nitrogens with zero attached hydrogens (tertiary/aromatic N) is 1. The first-order valence-corrected chi connectivity index (χ1v) is 29.6. The first kappa shape index (κ1) is 66.4. The van der Waals surface area contributed by atoms with Crippen LogP contribution in [0.3, 0.4) is 0 Å². The first-order chi connectivity index (χ1) is 33.5. The highest BCUT2D eigenvalue weighted by Gasteiger charge is 2.27. The van der Waals surface area contributed by atoms with Gasteiger partial charge in [-0.3, -0.25) is 13.8 Å². The van der Waals surface area contributed by atoms with Gasteiger partial charge in [-0.05, 0) is 83.5 Å². The molecule has 398 valence electrons. The van der Waals surface area contributed by atoms with Gasteiger partial charge in [0.15, 0.2) is 0 Å². The molecular weight excluding hydrogens is 876 g/mol. The fourth-order valence-electron chi connectivity index (χ4n) is 7.65. The average Bonchev–Trinajstić information content (AvgIpc) is 3.31. The van der Waals surface area contributed by atoms with E-state index in [9.17, 15) is 19.4 Å². The van der Waals surface area contributed by atoms with Gasteiger partial charge in [-0.1, -0.05) is 233 Å². The lowest BCUT2D eigenvalue weighted by molar-refractivity contribution is -0.870. The molecule has 0 heterocycles. The molecule has 3 atom stereocenters. The van der Waals surface area contributed by atoms with Crippen molar-refractivity contribution in [2.45, 2.75) is 238 Å². The Hall–Kier alpha value is -2.58. The van der Waals surface area contributed by atoms with Crippen molar-refractivity contribution in [3.63, 3.8) is 0 Å². The molecule has 1 amide bonds. The highest BCUT2D eigenvalue weighted by atomic mass is 31.2. The third kappa shape index (κ3) is 53.1. The van der Waals surface area contributed by atoms with E-state index >= 15 is 0 Å². The second-order valence-electron chi connectivity index (χ2n) is 19.9. The average molecular weight is 985 g/mol. The Bertz CT molecular complexity index is 1440. The van der Waals surface area contributed by atoms with Crippen LogP contribution >= 0.6 is 7.82 Å². The zero-order valence-electron chi connectivity index (χ0n) is 45.3. The summed E-state index contributed by atoms with van der Waals surface area (Å²) in [5, 5.41) is 13.9. The number of hydrogen-bond acceptors (Lipinski definition) is 5. The van der Waals surface area contributed by atoms with E-state index in [1.165, 1.54) is 116 Å². The van der Waals surface area contributed by atoms with E-state index in [0.717, 1.165) is 89.9 Å². The van der Waals surface area contributed by atoms with Crippen molar-refractivity contribution in [1.82, 2.24) is 5.32 Å². The van der Waals surface area contributed by atoms with E-state index in [1.807, 2.05) is 27.2 Å². The van der Waals surface area contributed by atoms with Crippen LogP contribution in [-0.2, 0) is 18.4 Å². The van der Waals surface area contributed by atoms with E-state index in [-0.39, 0.29) is 19.1 Å². The molecule has 8 nitrogen and oxygen atoms in total. The molecule has 0 aromatic rings. The lowest BCUT2D eigenvalue weighted by atomic mass is 10.0. The van der Waals surface area contributed by atoms with E-state index < -0.39 is 20.0 Å². The van der Waals surface area contributed by atoms with Gasteiger partial charge in [0, 0.05) is 6.42 Å². The summed E-state index contributed by atoms with van der Waals surface area (Å²) in [5.41, 5.74) is 0. The zero-order chi connectivity index (χ0) is 50.6. The van der Waals surface area contributed by atoms with Crippen LogP contribution in [0.2, 0.25) is 0 Å². The van der Waals surface area contributed by atoms with Gasteiger partial charge in [0.25, 0.3) is 0 Å². The van der Waals surface area contributed by atoms with Crippen molar-refractivity contribution >= 4 is 13.7 Å². The third-order valence-electron chi connectivity index (χ3n) is 12.0. The lowest BCUT2D eigenvalue weighted by Crippen LogP contribution is -2.45. The number of quaternary nitrogens is 1. The summed E-state index contributed by atoms with van der Waals surface area (Å²) < 4.78 is 23.7. The topological polar surface area (TPSA) is 105 Å². The van der Waals surface area contributed by atoms with Crippen molar-refractivity contribution in [3.05, 3.63) is 97.2 Å². The zero-order valence-corrected chi connectivity index (χ0v) is 46.2. The molecule has 0 radical (unpaired) electrons. The Morgan fingerprint density at radius 1 is 0.507 bits per heavy atom. The summed E-state index contributed by atoms with van der Waals surface area (Å²) in [6.07, 6.45) is 72.2. The number of aliphatic hydroxyl groups excluding tert-OH is 1. The van der Waals surface area contributed by atoms with Gasteiger partial charge in [0.1, 0.15) is 13.2 Å². The van der Waals surface area contributed by atoms with Crippen LogP contribution in [0, 0.1) is 0 Å². The number of nitrogens with one attached hydrogen (secondary N) is 1. The molecule has 0 saturated carbocycles. The quantitative estimate of drug-likeness (QED) is 0.0243. The molecule has 0 rings (SSSR count). The molecule has 3 N–H and O–H groups in total. The molecule has 3 unspecified atom stereocenters. The minimum absolute atomic E-state index is 0.0455. The monoisotopic (exact) mass is 984 g/mol. The number of carbonyl (C=O) groups excluding carboxylic acids is 1. The van der Waals surface area contributed by atoms with Crippen LogP contribution in [0.1, 0.15) is 226 Å². The second kappa shape index (κ2) is 50.4. The molecule has 0 fully saturated rings. The van der Waals surface area contributed by atoms with Gasteiger partial charge in [0.2, 0.25) is 5.91 Å². The molecule has 69 heavy (non-hydrogen) atoms. The third-order valence-corrected chi connectivity index (χ3v) is 13.0. The van der Waals surface area contributed by atoms with Crippen LogP contribution < -0.4 is 5.32 Å². The molecule has 0 aliphatic carbocycles. The Labute approximate surface area is 426 Å². The van der Waals surface area contributed by atoms with E-state index in [1.54, 1.807) is 6.08 Å². The lowest BCUT2D eigenvalue weighted by Gasteiger charge is -2.25. The van der Waals surface area contributed by atoms with Gasteiger partial charge < -0.3 is 19.8 Å². The first-order valence-electron chi connectivity index (χ1n) is 28.1. The summed E-state index contributed by atoms with van der Waals surface area (Å²) in [6.45, 7) is 4.66. The molecule has 0 saturated heterocycles. The molecule has 0 aromatic carbocycles. The van der Waals surface area contributed by atoms with E-state index in [0.29, 0.717) is 17.4 Å². The van der Waals surface area contributed by atoms with Gasteiger partial charge in [0.05, 0.1) is 39.9 Å². The molecule has 0 aliphatic heterocycles. The predicted molar refractivity (Wildman–Crippen MR) is 299 cm³/mol. The molecule has 0 aromatic heterocycles. The number of phosphoric ester groups is 1. The van der Waals surface area contributed by atoms with Crippen LogP contribution in [0.25, 0.3) is 0 Å². The Morgan fingerprint density at radius 3 is 1.33 bits per heavy atom. The number of rotatable bonds is 50. The van der Waals surface area contributed by atoms with Gasteiger partial charge in [-0.15, -0.1) is 0 Å². The van der Waals surface area contributed by atoms with Crippen molar-refractivity contribution < 1.29 is 32.9 Å².